The maximum absolute atomic E-state index is 14.6. The molecule has 24 nitrogen and oxygen atoms in total. The molecule has 3 unspecified atom stereocenters. The summed E-state index contributed by atoms with van der Waals surface area (Å²) in [5, 5.41) is 158. The molecule has 23 atom stereocenters. The molecule has 472 valence electrons. The molecule has 5 heterocycles. The van der Waals surface area contributed by atoms with Gasteiger partial charge in [-0.1, -0.05) is 106 Å². The van der Waals surface area contributed by atoms with Gasteiger partial charge in [-0.15, -0.1) is 0 Å². The summed E-state index contributed by atoms with van der Waals surface area (Å²) < 4.78 is 29.6. The van der Waals surface area contributed by atoms with Gasteiger partial charge in [0.1, 0.15) is 30.5 Å². The number of hydrogen-bond acceptors (Lipinski definition) is 23. The van der Waals surface area contributed by atoms with Crippen LogP contribution in [0.2, 0.25) is 0 Å². The first-order chi connectivity index (χ1) is 39.3. The molecule has 0 spiro atoms. The minimum absolute atomic E-state index is 0.124. The predicted molar refractivity (Wildman–Crippen MR) is 301 cm³/mol. The second kappa shape index (κ2) is 33.4. The standard InChI is InChI=1S/C59H95N3O21/c1-6-61-23-25-62(26-24-61)56(76)49-45(68)32-58(77)31-41(65)28-44(67)43(66)22-21-39(63)27-40(64)29-48(70)80-37(4)36(3)51(71)35(2)19-17-15-13-11-9-7-8-10-12-14-16-18-20-42(30-47(49)83-58)82-57-54(74)50(52(72)38(5)81-57)60-34-59(78)55(75)53(73)46(69)33-79-59/h7-20,35-47,49-55,57,60,63-69,71-75,77-78H,6,21-34H2,1-5H3/b8-7+,11-9+,12-10+,15-13+,16-14+,19-17+,20-18+/t35-,36?,37-,38+,39+,40+,41-,42-,43+,44+,45-,46+,47?,49?,50-,51+,52+,53+,54-,55-,57-,58+,59+/m0/s1. The van der Waals surface area contributed by atoms with Crippen molar-refractivity contribution in [3.8, 4) is 0 Å². The van der Waals surface area contributed by atoms with Gasteiger partial charge in [0.15, 0.2) is 12.1 Å². The molecule has 0 aromatic heterocycles. The van der Waals surface area contributed by atoms with Gasteiger partial charge in [0.05, 0.1) is 98.7 Å². The van der Waals surface area contributed by atoms with Crippen LogP contribution in [0.5, 0.6) is 0 Å². The van der Waals surface area contributed by atoms with Gasteiger partial charge in [-0.25, -0.2) is 0 Å². The van der Waals surface area contributed by atoms with E-state index in [9.17, 15) is 81.1 Å². The van der Waals surface area contributed by atoms with Crippen LogP contribution in [0.15, 0.2) is 85.1 Å². The molecule has 83 heavy (non-hydrogen) atoms. The van der Waals surface area contributed by atoms with Crippen LogP contribution in [-0.2, 0) is 33.3 Å². The molecule has 0 aliphatic carbocycles. The normalized spacial score (nSPS) is 45.2. The molecule has 4 fully saturated rings. The third kappa shape index (κ3) is 21.0. The maximum atomic E-state index is 14.6. The van der Waals surface area contributed by atoms with E-state index in [4.69, 9.17) is 23.7 Å². The van der Waals surface area contributed by atoms with E-state index in [1.807, 2.05) is 19.9 Å². The average Bonchev–Trinajstić information content (AvgIpc) is 3.06. The van der Waals surface area contributed by atoms with E-state index in [0.717, 1.165) is 6.54 Å². The third-order valence-electron chi connectivity index (χ3n) is 16.4. The number of nitrogens with one attached hydrogen (secondary N) is 1. The molecule has 0 radical (unpaired) electrons. The van der Waals surface area contributed by atoms with E-state index >= 15 is 0 Å². The Morgan fingerprint density at radius 2 is 1.25 bits per heavy atom. The summed E-state index contributed by atoms with van der Waals surface area (Å²) in [5.74, 6) is -8.11. The molecule has 24 heteroatoms. The Balaban J connectivity index is 1.44. The molecule has 15 N–H and O–H groups in total. The topological polar surface area (TPSA) is 382 Å². The highest BCUT2D eigenvalue weighted by Gasteiger charge is 2.53. The number of fused-ring (bicyclic) bond motifs is 2. The number of allylic oxidation sites excluding steroid dienone is 12. The van der Waals surface area contributed by atoms with Gasteiger partial charge in [0.2, 0.25) is 11.7 Å². The fourth-order valence-corrected chi connectivity index (χ4v) is 11.0. The van der Waals surface area contributed by atoms with Crippen molar-refractivity contribution < 1.29 is 105 Å². The number of amides is 1. The van der Waals surface area contributed by atoms with Crippen molar-refractivity contribution in [2.45, 2.75) is 208 Å². The summed E-state index contributed by atoms with van der Waals surface area (Å²) in [6, 6.07) is -1.34. The number of piperazine rings is 1. The number of aliphatic hydroxyl groups excluding tert-OH is 12. The smallest absolute Gasteiger partial charge is 0.308 e. The summed E-state index contributed by atoms with van der Waals surface area (Å²) in [5.41, 5.74) is 0. The molecule has 0 aromatic carbocycles. The number of rotatable bonds is 7. The Kier molecular flexibility index (Phi) is 28.2. The SMILES string of the molecule is CCN1CCN(C(=O)C2C3C[C@@H](O[C@@H]4O[C@H](C)[C@@H](O)[C@H](NC[C@@]5(O)OC[C@@H](O)[C@@H](O)[C@@H]5O)[C@@H]4O)/C=C/C=C/C=C/C=C/C=C/C=C/C=C/[C@H](C)[C@@H](O)C(C)[C@H](C)OC(=O)C[C@H](O)C[C@H](O)CC[C@@H](O)[C@H](O)C[C@H](O)C[C@](O)(C[C@@H]2O)O3)CC1. The number of nitrogens with zero attached hydrogens (tertiary/aromatic N) is 2. The van der Waals surface area contributed by atoms with Gasteiger partial charge in [-0.05, 0) is 39.7 Å². The number of hydrogen-bond donors (Lipinski definition) is 15. The molecule has 5 aliphatic heterocycles. The third-order valence-corrected chi connectivity index (χ3v) is 16.4. The lowest BCUT2D eigenvalue weighted by atomic mass is 9.81. The molecule has 0 saturated carbocycles. The molecule has 1 amide bonds. The highest BCUT2D eigenvalue weighted by atomic mass is 16.7. The Hall–Kier alpha value is -3.68. The van der Waals surface area contributed by atoms with Gasteiger partial charge < -0.3 is 110 Å². The quantitative estimate of drug-likeness (QED) is 0.125. The van der Waals surface area contributed by atoms with Gasteiger partial charge in [0.25, 0.3) is 0 Å². The van der Waals surface area contributed by atoms with Crippen LogP contribution in [0, 0.1) is 17.8 Å². The monoisotopic (exact) mass is 1180 g/mol. The van der Waals surface area contributed by atoms with E-state index in [1.165, 1.54) is 6.92 Å². The Morgan fingerprint density at radius 3 is 1.87 bits per heavy atom. The van der Waals surface area contributed by atoms with Crippen LogP contribution < -0.4 is 5.32 Å². The summed E-state index contributed by atoms with van der Waals surface area (Å²) in [6.45, 7) is 10.0. The summed E-state index contributed by atoms with van der Waals surface area (Å²) in [7, 11) is 0. The van der Waals surface area contributed by atoms with E-state index in [0.29, 0.717) is 26.2 Å². The highest BCUT2D eigenvalue weighted by molar-refractivity contribution is 5.80. The predicted octanol–water partition coefficient (Wildman–Crippen LogP) is -1.78. The zero-order valence-corrected chi connectivity index (χ0v) is 48.3. The van der Waals surface area contributed by atoms with Gasteiger partial charge in [-0.2, -0.15) is 0 Å². The lowest BCUT2D eigenvalue weighted by Crippen LogP contribution is -2.69. The number of aliphatic hydroxyl groups is 14. The number of ether oxygens (including phenoxy) is 5. The molecule has 2 bridgehead atoms. The van der Waals surface area contributed by atoms with Crippen LogP contribution >= 0.6 is 0 Å². The molecule has 4 saturated heterocycles. The zero-order valence-electron chi connectivity index (χ0n) is 48.3. The summed E-state index contributed by atoms with van der Waals surface area (Å²) in [4.78, 5) is 31.1. The van der Waals surface area contributed by atoms with E-state index in [-0.39, 0.29) is 31.6 Å². The minimum Gasteiger partial charge on any atom is -0.462 e. The second-order valence-corrected chi connectivity index (χ2v) is 23.0. The van der Waals surface area contributed by atoms with Crippen molar-refractivity contribution in [2.24, 2.45) is 17.8 Å². The van der Waals surface area contributed by atoms with Crippen LogP contribution in [0.4, 0.5) is 0 Å². The van der Waals surface area contributed by atoms with Crippen molar-refractivity contribution in [2.75, 3.05) is 45.9 Å². The van der Waals surface area contributed by atoms with Crippen molar-refractivity contribution >= 4 is 11.9 Å². The number of cyclic esters (lactones) is 1. The number of carbonyl (C=O) groups excluding carboxylic acids is 2. The van der Waals surface area contributed by atoms with Gasteiger partial charge >= 0.3 is 5.97 Å². The lowest BCUT2D eigenvalue weighted by molar-refractivity contribution is -0.323. The van der Waals surface area contributed by atoms with Crippen molar-refractivity contribution in [1.29, 1.82) is 0 Å². The number of esters is 1. The van der Waals surface area contributed by atoms with E-state index in [2.05, 4.69) is 10.2 Å². The Morgan fingerprint density at radius 1 is 0.651 bits per heavy atom. The fraction of sp³-hybridized carbons (Fsp3) is 0.729. The Bertz CT molecular complexity index is 2190. The fourth-order valence-electron chi connectivity index (χ4n) is 11.0. The largest absolute Gasteiger partial charge is 0.462 e. The van der Waals surface area contributed by atoms with Gasteiger partial charge in [-0.3, -0.25) is 9.59 Å². The maximum Gasteiger partial charge on any atom is 0.308 e. The van der Waals surface area contributed by atoms with E-state index < -0.39 is 184 Å². The first-order valence-electron chi connectivity index (χ1n) is 29.1. The molecule has 5 rings (SSSR count). The molecule has 5 aliphatic rings. The summed E-state index contributed by atoms with van der Waals surface area (Å²) in [6.07, 6.45) is -2.61. The van der Waals surface area contributed by atoms with Crippen LogP contribution in [0.3, 0.4) is 0 Å². The highest BCUT2D eigenvalue weighted by Crippen LogP contribution is 2.39. The number of likely N-dealkylation sites (N-methyl/N-ethyl adjacent to an activating group) is 1. The minimum atomic E-state index is -2.46. The first kappa shape index (κ1) is 70.1. The molecular formula is C59H95N3O21. The van der Waals surface area contributed by atoms with Crippen molar-refractivity contribution in [1.82, 2.24) is 15.1 Å². The Labute approximate surface area is 486 Å². The van der Waals surface area contributed by atoms with Crippen LogP contribution in [0.1, 0.15) is 86.0 Å². The lowest BCUT2D eigenvalue weighted by Gasteiger charge is -2.48. The van der Waals surface area contributed by atoms with Crippen LogP contribution in [0.25, 0.3) is 0 Å². The zero-order chi connectivity index (χ0) is 61.2. The van der Waals surface area contributed by atoms with E-state index in [1.54, 1.807) is 97.7 Å². The summed E-state index contributed by atoms with van der Waals surface area (Å²) >= 11 is 0. The molecule has 0 aromatic rings. The van der Waals surface area contributed by atoms with Crippen LogP contribution in [-0.4, -0.2) is 261 Å². The average molecular weight is 1180 g/mol. The number of carbonyl (C=O) groups is 2. The molecular weight excluding hydrogens is 1090 g/mol. The van der Waals surface area contributed by atoms with Crippen molar-refractivity contribution in [3.63, 3.8) is 0 Å². The van der Waals surface area contributed by atoms with Gasteiger partial charge in [0, 0.05) is 63.7 Å². The second-order valence-electron chi connectivity index (χ2n) is 23.0. The first-order valence-corrected chi connectivity index (χ1v) is 29.1. The van der Waals surface area contributed by atoms with Crippen molar-refractivity contribution in [3.05, 3.63) is 85.1 Å².